The van der Waals surface area contributed by atoms with Crippen LogP contribution in [0.2, 0.25) is 0 Å². The van der Waals surface area contributed by atoms with E-state index in [1.54, 1.807) is 0 Å². The lowest BCUT2D eigenvalue weighted by atomic mass is 10.4. The minimum Gasteiger partial charge on any atom is -0.382 e. The van der Waals surface area contributed by atoms with E-state index in [1.165, 1.54) is 14.1 Å². The van der Waals surface area contributed by atoms with E-state index in [4.69, 9.17) is 10.5 Å². The lowest BCUT2D eigenvalue weighted by Crippen LogP contribution is -2.25. The Kier molecular flexibility index (Phi) is 5.53. The van der Waals surface area contributed by atoms with E-state index in [9.17, 15) is 8.42 Å². The van der Waals surface area contributed by atoms with Crippen molar-refractivity contribution < 1.29 is 13.2 Å². The molecule has 19 heavy (non-hydrogen) atoms. The van der Waals surface area contributed by atoms with E-state index in [1.807, 2.05) is 13.8 Å². The summed E-state index contributed by atoms with van der Waals surface area (Å²) < 4.78 is 34.7. The predicted octanol–water partition coefficient (Wildman–Crippen LogP) is 0.813. The van der Waals surface area contributed by atoms with E-state index in [0.717, 1.165) is 15.8 Å². The fraction of sp³-hybridized carbons (Fsp3) is 0.700. The SMILES string of the molecule is CCOC(C)CNc1snc(N)c1S(=O)(=O)N(C)C. The maximum Gasteiger partial charge on any atom is 0.249 e. The number of nitrogens with two attached hydrogens (primary N) is 1. The molecule has 0 aliphatic carbocycles. The largest absolute Gasteiger partial charge is 0.382 e. The van der Waals surface area contributed by atoms with Gasteiger partial charge in [0, 0.05) is 27.2 Å². The van der Waals surface area contributed by atoms with Gasteiger partial charge in [-0.05, 0) is 25.4 Å². The molecule has 0 bridgehead atoms. The van der Waals surface area contributed by atoms with Crippen LogP contribution in [0.3, 0.4) is 0 Å². The second kappa shape index (κ2) is 6.51. The van der Waals surface area contributed by atoms with Crippen LogP contribution in [-0.2, 0) is 14.8 Å². The molecule has 0 spiro atoms. The smallest absolute Gasteiger partial charge is 0.249 e. The van der Waals surface area contributed by atoms with Gasteiger partial charge in [0.25, 0.3) is 0 Å². The van der Waals surface area contributed by atoms with E-state index < -0.39 is 10.0 Å². The molecular formula is C10H20N4O3S2. The molecule has 1 aromatic heterocycles. The highest BCUT2D eigenvalue weighted by Gasteiger charge is 2.27. The highest BCUT2D eigenvalue weighted by Crippen LogP contribution is 2.32. The number of hydrogen-bond donors (Lipinski definition) is 2. The molecule has 0 amide bonds. The molecule has 110 valence electrons. The van der Waals surface area contributed by atoms with Crippen molar-refractivity contribution in [1.82, 2.24) is 8.68 Å². The quantitative estimate of drug-likeness (QED) is 0.773. The number of rotatable bonds is 7. The van der Waals surface area contributed by atoms with E-state index in [-0.39, 0.29) is 16.8 Å². The van der Waals surface area contributed by atoms with Crippen molar-refractivity contribution in [1.29, 1.82) is 0 Å². The summed E-state index contributed by atoms with van der Waals surface area (Å²) in [5.74, 6) is 0.0188. The number of anilines is 2. The number of nitrogens with one attached hydrogen (secondary N) is 1. The maximum atomic E-state index is 12.1. The van der Waals surface area contributed by atoms with Gasteiger partial charge in [-0.25, -0.2) is 12.7 Å². The van der Waals surface area contributed by atoms with Crippen molar-refractivity contribution >= 4 is 32.4 Å². The normalized spacial score (nSPS) is 13.7. The molecule has 0 aliphatic heterocycles. The number of hydrogen-bond acceptors (Lipinski definition) is 7. The van der Waals surface area contributed by atoms with Gasteiger partial charge >= 0.3 is 0 Å². The van der Waals surface area contributed by atoms with Gasteiger partial charge in [-0.1, -0.05) is 0 Å². The predicted molar refractivity (Wildman–Crippen MR) is 77.0 cm³/mol. The van der Waals surface area contributed by atoms with Gasteiger partial charge < -0.3 is 15.8 Å². The summed E-state index contributed by atoms with van der Waals surface area (Å²) in [5, 5.41) is 3.47. The molecule has 1 atom stereocenters. The lowest BCUT2D eigenvalue weighted by molar-refractivity contribution is 0.0855. The fourth-order valence-corrected chi connectivity index (χ4v) is 3.50. The first kappa shape index (κ1) is 16.2. The molecule has 0 aromatic carbocycles. The number of nitrogens with zero attached hydrogens (tertiary/aromatic N) is 2. The van der Waals surface area contributed by atoms with Crippen LogP contribution in [0.4, 0.5) is 10.8 Å². The van der Waals surface area contributed by atoms with Crippen molar-refractivity contribution in [3.05, 3.63) is 0 Å². The van der Waals surface area contributed by atoms with E-state index >= 15 is 0 Å². The second-order valence-electron chi connectivity index (χ2n) is 4.16. The molecule has 1 unspecified atom stereocenters. The maximum absolute atomic E-state index is 12.1. The summed E-state index contributed by atoms with van der Waals surface area (Å²) >= 11 is 1.03. The Morgan fingerprint density at radius 3 is 2.68 bits per heavy atom. The second-order valence-corrected chi connectivity index (χ2v) is 7.02. The minimum atomic E-state index is -3.60. The van der Waals surface area contributed by atoms with Crippen LogP contribution in [0.25, 0.3) is 0 Å². The van der Waals surface area contributed by atoms with Gasteiger partial charge in [0.1, 0.15) is 5.00 Å². The lowest BCUT2D eigenvalue weighted by Gasteiger charge is -2.15. The monoisotopic (exact) mass is 308 g/mol. The van der Waals surface area contributed by atoms with Crippen molar-refractivity contribution in [3.63, 3.8) is 0 Å². The summed E-state index contributed by atoms with van der Waals surface area (Å²) in [6.07, 6.45) is -0.0248. The zero-order chi connectivity index (χ0) is 14.6. The molecular weight excluding hydrogens is 288 g/mol. The molecule has 7 nitrogen and oxygen atoms in total. The van der Waals surface area contributed by atoms with Crippen LogP contribution in [0.5, 0.6) is 0 Å². The molecule has 0 saturated heterocycles. The number of sulfonamides is 1. The van der Waals surface area contributed by atoms with E-state index in [2.05, 4.69) is 9.69 Å². The van der Waals surface area contributed by atoms with Gasteiger partial charge in [-0.3, -0.25) is 0 Å². The van der Waals surface area contributed by atoms with Crippen LogP contribution in [0, 0.1) is 0 Å². The molecule has 3 N–H and O–H groups in total. The Labute approximate surface area is 118 Å². The topological polar surface area (TPSA) is 97.5 Å². The zero-order valence-electron chi connectivity index (χ0n) is 11.5. The summed E-state index contributed by atoms with van der Waals surface area (Å²) in [6, 6.07) is 0. The number of aromatic nitrogens is 1. The van der Waals surface area contributed by atoms with Gasteiger partial charge in [0.2, 0.25) is 10.0 Å². The highest BCUT2D eigenvalue weighted by atomic mass is 32.2. The Morgan fingerprint density at radius 1 is 1.53 bits per heavy atom. The van der Waals surface area contributed by atoms with Crippen molar-refractivity contribution in [3.8, 4) is 0 Å². The van der Waals surface area contributed by atoms with E-state index in [0.29, 0.717) is 18.2 Å². The van der Waals surface area contributed by atoms with Crippen molar-refractivity contribution in [2.24, 2.45) is 0 Å². The van der Waals surface area contributed by atoms with Crippen LogP contribution in [-0.4, -0.2) is 50.4 Å². The van der Waals surface area contributed by atoms with Gasteiger partial charge in [-0.2, -0.15) is 4.37 Å². The average molecular weight is 308 g/mol. The number of nitrogen functional groups attached to an aromatic ring is 1. The molecule has 0 radical (unpaired) electrons. The zero-order valence-corrected chi connectivity index (χ0v) is 13.1. The Hall–Kier alpha value is -0.900. The standard InChI is InChI=1S/C10H20N4O3S2/c1-5-17-7(2)6-12-10-8(9(11)13-18-10)19(15,16)14(3)4/h7,12H,5-6H2,1-4H3,(H2,11,13). The molecule has 1 heterocycles. The van der Waals surface area contributed by atoms with Crippen LogP contribution in [0.1, 0.15) is 13.8 Å². The third-order valence-electron chi connectivity index (χ3n) is 2.41. The number of ether oxygens (including phenoxy) is 1. The van der Waals surface area contributed by atoms with Crippen LogP contribution < -0.4 is 11.1 Å². The summed E-state index contributed by atoms with van der Waals surface area (Å²) in [5.41, 5.74) is 5.65. The van der Waals surface area contributed by atoms with Gasteiger partial charge in [0.05, 0.1) is 6.10 Å². The first-order chi connectivity index (χ1) is 8.80. The third kappa shape index (κ3) is 3.78. The summed E-state index contributed by atoms with van der Waals surface area (Å²) in [6.45, 7) is 4.91. The molecule has 9 heteroatoms. The molecule has 0 saturated carbocycles. The van der Waals surface area contributed by atoms with Crippen molar-refractivity contribution in [2.75, 3.05) is 38.3 Å². The first-order valence-corrected chi connectivity index (χ1v) is 8.05. The Balaban J connectivity index is 2.93. The molecule has 1 aromatic rings. The minimum absolute atomic E-state index is 0.0188. The fourth-order valence-electron chi connectivity index (χ4n) is 1.42. The van der Waals surface area contributed by atoms with Gasteiger partial charge in [-0.15, -0.1) is 0 Å². The molecule has 0 aliphatic rings. The first-order valence-electron chi connectivity index (χ1n) is 5.83. The highest BCUT2D eigenvalue weighted by molar-refractivity contribution is 7.89. The molecule has 1 rings (SSSR count). The summed E-state index contributed by atoms with van der Waals surface area (Å²) in [4.78, 5) is 0.0335. The summed E-state index contributed by atoms with van der Waals surface area (Å²) in [7, 11) is -0.687. The third-order valence-corrected chi connectivity index (χ3v) is 5.25. The average Bonchev–Trinajstić information content (AvgIpc) is 2.68. The van der Waals surface area contributed by atoms with Crippen LogP contribution in [0.15, 0.2) is 4.90 Å². The van der Waals surface area contributed by atoms with Gasteiger partial charge in [0.15, 0.2) is 10.7 Å². The van der Waals surface area contributed by atoms with Crippen LogP contribution >= 0.6 is 11.5 Å². The Bertz CT molecular complexity index is 513. The Morgan fingerprint density at radius 2 is 2.16 bits per heavy atom. The molecule has 0 fully saturated rings. The van der Waals surface area contributed by atoms with Crippen molar-refractivity contribution in [2.45, 2.75) is 24.8 Å².